The van der Waals surface area contributed by atoms with E-state index in [1.54, 1.807) is 11.3 Å². The van der Waals surface area contributed by atoms with Crippen LogP contribution in [0.1, 0.15) is 74.3 Å². The number of thiazole rings is 1. The van der Waals surface area contributed by atoms with Crippen molar-refractivity contribution in [3.8, 4) is 0 Å². The highest BCUT2D eigenvalue weighted by Crippen LogP contribution is 2.31. The SMILES string of the molecule is CC.CC.CCNN(C)NC(c1ccc(Nc2nc3ccccc3s2)cc1)C(CC)CC.[HH]. The molecule has 0 aliphatic heterocycles. The van der Waals surface area contributed by atoms with Crippen molar-refractivity contribution < 1.29 is 1.43 Å². The monoisotopic (exact) mass is 459 g/mol. The molecule has 180 valence electrons. The van der Waals surface area contributed by atoms with E-state index in [0.717, 1.165) is 35.7 Å². The molecule has 0 saturated carbocycles. The Morgan fingerprint density at radius 2 is 1.56 bits per heavy atom. The number of para-hydroxylation sites is 1. The van der Waals surface area contributed by atoms with Crippen molar-refractivity contribution in [1.82, 2.24) is 21.0 Å². The summed E-state index contributed by atoms with van der Waals surface area (Å²) in [4.78, 5) is 4.66. The first-order valence-corrected chi connectivity index (χ1v) is 12.9. The minimum absolute atomic E-state index is 0. The summed E-state index contributed by atoms with van der Waals surface area (Å²) in [5.41, 5.74) is 10.3. The van der Waals surface area contributed by atoms with Crippen molar-refractivity contribution in [1.29, 1.82) is 0 Å². The molecule has 3 N–H and O–H groups in total. The quantitative estimate of drug-likeness (QED) is 0.270. The Morgan fingerprint density at radius 3 is 2.12 bits per heavy atom. The van der Waals surface area contributed by atoms with Gasteiger partial charge in [-0.2, -0.15) is 5.12 Å². The minimum atomic E-state index is 0. The van der Waals surface area contributed by atoms with Crippen LogP contribution in [0.25, 0.3) is 10.2 Å². The van der Waals surface area contributed by atoms with Gasteiger partial charge in [0.1, 0.15) is 0 Å². The van der Waals surface area contributed by atoms with Crippen LogP contribution in [-0.4, -0.2) is 23.7 Å². The summed E-state index contributed by atoms with van der Waals surface area (Å²) >= 11 is 1.68. The predicted molar refractivity (Wildman–Crippen MR) is 146 cm³/mol. The fourth-order valence-electron chi connectivity index (χ4n) is 3.53. The van der Waals surface area contributed by atoms with Crippen molar-refractivity contribution in [2.45, 2.75) is 67.3 Å². The first-order valence-electron chi connectivity index (χ1n) is 12.1. The molecule has 1 heterocycles. The molecule has 3 aromatic rings. The Morgan fingerprint density at radius 1 is 0.938 bits per heavy atom. The van der Waals surface area contributed by atoms with Crippen LogP contribution in [-0.2, 0) is 0 Å². The third kappa shape index (κ3) is 8.17. The van der Waals surface area contributed by atoms with Gasteiger partial charge in [0.2, 0.25) is 0 Å². The number of rotatable bonds is 10. The van der Waals surface area contributed by atoms with Gasteiger partial charge >= 0.3 is 0 Å². The maximum atomic E-state index is 4.66. The molecule has 3 rings (SSSR count). The average molecular weight is 460 g/mol. The van der Waals surface area contributed by atoms with Crippen LogP contribution in [0.5, 0.6) is 0 Å². The highest BCUT2D eigenvalue weighted by atomic mass is 32.1. The first-order chi connectivity index (χ1) is 15.6. The van der Waals surface area contributed by atoms with E-state index in [1.807, 2.05) is 52.0 Å². The maximum Gasteiger partial charge on any atom is 0.188 e. The van der Waals surface area contributed by atoms with Gasteiger partial charge in [0.05, 0.1) is 16.3 Å². The van der Waals surface area contributed by atoms with Crippen LogP contribution in [0.3, 0.4) is 0 Å². The molecule has 1 aromatic heterocycles. The zero-order valence-electron chi connectivity index (χ0n) is 21.2. The summed E-state index contributed by atoms with van der Waals surface area (Å²) in [6, 6.07) is 17.2. The fourth-order valence-corrected chi connectivity index (χ4v) is 4.41. The molecule has 6 heteroatoms. The highest BCUT2D eigenvalue weighted by Gasteiger charge is 2.21. The van der Waals surface area contributed by atoms with E-state index >= 15 is 0 Å². The van der Waals surface area contributed by atoms with Crippen LogP contribution in [0.15, 0.2) is 48.5 Å². The van der Waals surface area contributed by atoms with Crippen molar-refractivity contribution in [3.05, 3.63) is 54.1 Å². The lowest BCUT2D eigenvalue weighted by atomic mass is 9.89. The van der Waals surface area contributed by atoms with Crippen LogP contribution in [0, 0.1) is 5.92 Å². The third-order valence-electron chi connectivity index (χ3n) is 5.06. The number of hydrogen-bond donors (Lipinski definition) is 3. The molecular formula is C26H45N5S. The number of aromatic nitrogens is 1. The lowest BCUT2D eigenvalue weighted by Gasteiger charge is -2.31. The smallest absolute Gasteiger partial charge is 0.188 e. The Balaban J connectivity index is 0.00000194. The fraction of sp³-hybridized carbons (Fsp3) is 0.500. The van der Waals surface area contributed by atoms with Crippen molar-refractivity contribution in [3.63, 3.8) is 0 Å². The Bertz CT molecular complexity index is 832. The van der Waals surface area contributed by atoms with E-state index in [4.69, 9.17) is 0 Å². The maximum absolute atomic E-state index is 4.66. The molecule has 0 spiro atoms. The van der Waals surface area contributed by atoms with Gasteiger partial charge in [0.25, 0.3) is 0 Å². The third-order valence-corrected chi connectivity index (χ3v) is 6.01. The summed E-state index contributed by atoms with van der Waals surface area (Å²) in [6.07, 6.45) is 2.28. The molecule has 0 aliphatic carbocycles. The van der Waals surface area contributed by atoms with Crippen LogP contribution >= 0.6 is 11.3 Å². The summed E-state index contributed by atoms with van der Waals surface area (Å²) in [6.45, 7) is 15.5. The lowest BCUT2D eigenvalue weighted by molar-refractivity contribution is 0.104. The van der Waals surface area contributed by atoms with Gasteiger partial charge in [-0.15, -0.1) is 0 Å². The summed E-state index contributed by atoms with van der Waals surface area (Å²) in [5.74, 6) is 0.573. The van der Waals surface area contributed by atoms with Crippen LogP contribution in [0.2, 0.25) is 0 Å². The second kappa shape index (κ2) is 15.8. The van der Waals surface area contributed by atoms with E-state index in [9.17, 15) is 0 Å². The number of fused-ring (bicyclic) bond motifs is 1. The van der Waals surface area contributed by atoms with E-state index < -0.39 is 0 Å². The van der Waals surface area contributed by atoms with Crippen molar-refractivity contribution >= 4 is 32.4 Å². The van der Waals surface area contributed by atoms with Gasteiger partial charge in [-0.05, 0) is 35.7 Å². The van der Waals surface area contributed by atoms with E-state index in [0.29, 0.717) is 5.92 Å². The Labute approximate surface area is 201 Å². The minimum Gasteiger partial charge on any atom is -0.332 e. The molecule has 0 amide bonds. The molecule has 1 atom stereocenters. The highest BCUT2D eigenvalue weighted by molar-refractivity contribution is 7.22. The molecule has 0 bridgehead atoms. The second-order valence-corrected chi connectivity index (χ2v) is 8.02. The van der Waals surface area contributed by atoms with Crippen LogP contribution in [0.4, 0.5) is 10.8 Å². The summed E-state index contributed by atoms with van der Waals surface area (Å²) in [7, 11) is 2.03. The predicted octanol–water partition coefficient (Wildman–Crippen LogP) is 7.78. The molecule has 32 heavy (non-hydrogen) atoms. The van der Waals surface area contributed by atoms with Gasteiger partial charge < -0.3 is 5.32 Å². The molecule has 5 nitrogen and oxygen atoms in total. The molecule has 0 fully saturated rings. The number of hydrogen-bond acceptors (Lipinski definition) is 6. The average Bonchev–Trinajstić information content (AvgIpc) is 3.25. The molecular weight excluding hydrogens is 414 g/mol. The Hall–Kier alpha value is -1.99. The van der Waals surface area contributed by atoms with Crippen molar-refractivity contribution in [2.24, 2.45) is 5.92 Å². The molecule has 2 aromatic carbocycles. The normalized spacial score (nSPS) is 11.6. The van der Waals surface area contributed by atoms with Crippen LogP contribution < -0.4 is 16.2 Å². The zero-order valence-corrected chi connectivity index (χ0v) is 22.0. The number of anilines is 2. The summed E-state index contributed by atoms with van der Waals surface area (Å²) in [5, 5.41) is 6.35. The number of hydrazine groups is 2. The molecule has 0 saturated heterocycles. The second-order valence-electron chi connectivity index (χ2n) is 6.99. The summed E-state index contributed by atoms with van der Waals surface area (Å²) < 4.78 is 1.20. The number of benzene rings is 2. The van der Waals surface area contributed by atoms with E-state index in [1.165, 1.54) is 10.3 Å². The van der Waals surface area contributed by atoms with Gasteiger partial charge in [-0.1, -0.05) is 96.9 Å². The standard InChI is InChI=1S/C22H31N5S.2C2H6.H2/c1-5-16(6-2)21(26-27(4)23-7-3)17-12-14-18(15-13-17)24-22-25-19-10-8-9-11-20(19)28-22;2*1-2;/h8-16,21,23,26H,5-7H2,1-4H3,(H,24,25);2*1-2H3;1H. The van der Waals surface area contributed by atoms with Crippen molar-refractivity contribution in [2.75, 3.05) is 18.9 Å². The van der Waals surface area contributed by atoms with E-state index in [-0.39, 0.29) is 7.47 Å². The Kier molecular flexibility index (Phi) is 13.8. The topological polar surface area (TPSA) is 52.2 Å². The van der Waals surface area contributed by atoms with E-state index in [2.05, 4.69) is 78.3 Å². The zero-order chi connectivity index (χ0) is 23.9. The lowest BCUT2D eigenvalue weighted by Crippen LogP contribution is -2.48. The molecule has 0 aliphatic rings. The number of nitrogens with one attached hydrogen (secondary N) is 3. The molecule has 1 unspecified atom stereocenters. The largest absolute Gasteiger partial charge is 0.332 e. The van der Waals surface area contributed by atoms with Gasteiger partial charge in [-0.3, -0.25) is 0 Å². The van der Waals surface area contributed by atoms with Gasteiger partial charge in [0.15, 0.2) is 5.13 Å². The van der Waals surface area contributed by atoms with Gasteiger partial charge in [-0.25, -0.2) is 15.8 Å². The first kappa shape index (κ1) is 28.0. The number of nitrogens with zero attached hydrogens (tertiary/aromatic N) is 2. The molecule has 0 radical (unpaired) electrons. The van der Waals surface area contributed by atoms with Gasteiger partial charge in [0, 0.05) is 20.7 Å².